The van der Waals surface area contributed by atoms with E-state index in [4.69, 9.17) is 4.74 Å². The van der Waals surface area contributed by atoms with E-state index < -0.39 is 0 Å². The fourth-order valence-electron chi connectivity index (χ4n) is 3.38. The SMILES string of the molecule is COc1ccc(C2CCNC2Cc2ccccc2)cc1C. The average Bonchev–Trinajstić information content (AvgIpc) is 2.96. The maximum Gasteiger partial charge on any atom is 0.121 e. The number of methoxy groups -OCH3 is 1. The molecule has 1 N–H and O–H groups in total. The molecule has 2 aromatic rings. The summed E-state index contributed by atoms with van der Waals surface area (Å²) in [5.41, 5.74) is 4.06. The van der Waals surface area contributed by atoms with Gasteiger partial charge in [-0.1, -0.05) is 42.5 Å². The van der Waals surface area contributed by atoms with Crippen LogP contribution in [0.2, 0.25) is 0 Å². The lowest BCUT2D eigenvalue weighted by molar-refractivity contribution is 0.411. The molecule has 0 amide bonds. The van der Waals surface area contributed by atoms with Crippen LogP contribution in [0.1, 0.15) is 29.0 Å². The Labute approximate surface area is 127 Å². The minimum Gasteiger partial charge on any atom is -0.496 e. The molecule has 1 fully saturated rings. The van der Waals surface area contributed by atoms with Crippen LogP contribution in [0.15, 0.2) is 48.5 Å². The summed E-state index contributed by atoms with van der Waals surface area (Å²) >= 11 is 0. The van der Waals surface area contributed by atoms with Crippen molar-refractivity contribution in [1.82, 2.24) is 5.32 Å². The molecule has 1 aliphatic heterocycles. The van der Waals surface area contributed by atoms with E-state index in [-0.39, 0.29) is 0 Å². The van der Waals surface area contributed by atoms with Crippen LogP contribution in [0, 0.1) is 6.92 Å². The Morgan fingerprint density at radius 1 is 1.14 bits per heavy atom. The van der Waals surface area contributed by atoms with E-state index in [1.165, 1.54) is 23.1 Å². The molecule has 3 rings (SSSR count). The molecular weight excluding hydrogens is 258 g/mol. The van der Waals surface area contributed by atoms with E-state index in [1.807, 2.05) is 0 Å². The van der Waals surface area contributed by atoms with Crippen LogP contribution in [-0.4, -0.2) is 19.7 Å². The largest absolute Gasteiger partial charge is 0.496 e. The first-order chi connectivity index (χ1) is 10.3. The summed E-state index contributed by atoms with van der Waals surface area (Å²) in [5, 5.41) is 3.67. The topological polar surface area (TPSA) is 21.3 Å². The molecule has 21 heavy (non-hydrogen) atoms. The molecule has 2 heteroatoms. The quantitative estimate of drug-likeness (QED) is 0.923. The molecule has 0 bridgehead atoms. The van der Waals surface area contributed by atoms with Gasteiger partial charge in [-0.15, -0.1) is 0 Å². The highest BCUT2D eigenvalue weighted by atomic mass is 16.5. The zero-order valence-corrected chi connectivity index (χ0v) is 12.8. The predicted octanol–water partition coefficient (Wildman–Crippen LogP) is 3.69. The van der Waals surface area contributed by atoms with Gasteiger partial charge in [0.15, 0.2) is 0 Å². The van der Waals surface area contributed by atoms with Crippen LogP contribution in [0.25, 0.3) is 0 Å². The van der Waals surface area contributed by atoms with Crippen LogP contribution in [0.4, 0.5) is 0 Å². The van der Waals surface area contributed by atoms with Crippen LogP contribution < -0.4 is 10.1 Å². The van der Waals surface area contributed by atoms with Gasteiger partial charge in [0, 0.05) is 12.0 Å². The molecule has 110 valence electrons. The van der Waals surface area contributed by atoms with E-state index in [9.17, 15) is 0 Å². The summed E-state index contributed by atoms with van der Waals surface area (Å²) in [4.78, 5) is 0. The molecule has 0 aliphatic carbocycles. The summed E-state index contributed by atoms with van der Waals surface area (Å²) in [6.45, 7) is 3.23. The van der Waals surface area contributed by atoms with E-state index >= 15 is 0 Å². The van der Waals surface area contributed by atoms with E-state index in [1.54, 1.807) is 7.11 Å². The normalized spacial score (nSPS) is 21.4. The smallest absolute Gasteiger partial charge is 0.121 e. The maximum absolute atomic E-state index is 5.37. The maximum atomic E-state index is 5.37. The molecule has 0 aromatic heterocycles. The molecule has 0 spiro atoms. The molecular formula is C19H23NO. The zero-order chi connectivity index (χ0) is 14.7. The number of rotatable bonds is 4. The Balaban J connectivity index is 1.79. The molecule has 2 nitrogen and oxygen atoms in total. The Morgan fingerprint density at radius 2 is 1.95 bits per heavy atom. The van der Waals surface area contributed by atoms with Gasteiger partial charge in [-0.25, -0.2) is 0 Å². The van der Waals surface area contributed by atoms with Gasteiger partial charge < -0.3 is 10.1 Å². The number of aryl methyl sites for hydroxylation is 1. The van der Waals surface area contributed by atoms with Crippen molar-refractivity contribution in [1.29, 1.82) is 0 Å². The van der Waals surface area contributed by atoms with Gasteiger partial charge in [-0.05, 0) is 49.1 Å². The lowest BCUT2D eigenvalue weighted by atomic mass is 9.87. The van der Waals surface area contributed by atoms with Crippen molar-refractivity contribution >= 4 is 0 Å². The van der Waals surface area contributed by atoms with E-state index in [0.29, 0.717) is 12.0 Å². The second-order valence-corrected chi connectivity index (χ2v) is 5.87. The highest BCUT2D eigenvalue weighted by molar-refractivity contribution is 5.38. The van der Waals surface area contributed by atoms with Crippen molar-refractivity contribution < 1.29 is 4.74 Å². The second kappa shape index (κ2) is 6.31. The number of nitrogens with one attached hydrogen (secondary N) is 1. The first-order valence-corrected chi connectivity index (χ1v) is 7.70. The number of ether oxygens (including phenoxy) is 1. The summed E-state index contributed by atoms with van der Waals surface area (Å²) in [6, 6.07) is 17.9. The minimum absolute atomic E-state index is 0.528. The van der Waals surface area contributed by atoms with Crippen molar-refractivity contribution in [2.24, 2.45) is 0 Å². The standard InChI is InChI=1S/C19H23NO/c1-14-12-16(8-9-19(14)21-2)17-10-11-20-18(17)13-15-6-4-3-5-7-15/h3-9,12,17-18,20H,10-11,13H2,1-2H3. The lowest BCUT2D eigenvalue weighted by Gasteiger charge is -2.21. The number of hydrogen-bond donors (Lipinski definition) is 1. The molecule has 2 unspecified atom stereocenters. The van der Waals surface area contributed by atoms with E-state index in [2.05, 4.69) is 60.8 Å². The van der Waals surface area contributed by atoms with Crippen LogP contribution >= 0.6 is 0 Å². The molecule has 2 atom stereocenters. The highest BCUT2D eigenvalue weighted by Gasteiger charge is 2.28. The van der Waals surface area contributed by atoms with Gasteiger partial charge in [0.25, 0.3) is 0 Å². The highest BCUT2D eigenvalue weighted by Crippen LogP contribution is 2.32. The minimum atomic E-state index is 0.528. The van der Waals surface area contributed by atoms with Crippen molar-refractivity contribution in [3.63, 3.8) is 0 Å². The Morgan fingerprint density at radius 3 is 2.67 bits per heavy atom. The summed E-state index contributed by atoms with van der Waals surface area (Å²) in [6.07, 6.45) is 2.31. The van der Waals surface area contributed by atoms with Gasteiger partial charge >= 0.3 is 0 Å². The van der Waals surface area contributed by atoms with Crippen molar-refractivity contribution in [3.05, 3.63) is 65.2 Å². The van der Waals surface area contributed by atoms with Crippen LogP contribution in [0.3, 0.4) is 0 Å². The molecule has 1 aliphatic rings. The van der Waals surface area contributed by atoms with E-state index in [0.717, 1.165) is 18.7 Å². The van der Waals surface area contributed by atoms with Crippen molar-refractivity contribution in [3.8, 4) is 5.75 Å². The third-order valence-electron chi connectivity index (χ3n) is 4.49. The summed E-state index contributed by atoms with van der Waals surface area (Å²) in [7, 11) is 1.73. The lowest BCUT2D eigenvalue weighted by Crippen LogP contribution is -2.28. The predicted molar refractivity (Wildman–Crippen MR) is 87.0 cm³/mol. The Hall–Kier alpha value is -1.80. The van der Waals surface area contributed by atoms with Gasteiger partial charge in [-0.2, -0.15) is 0 Å². The zero-order valence-electron chi connectivity index (χ0n) is 12.8. The van der Waals surface area contributed by atoms with Gasteiger partial charge in [-0.3, -0.25) is 0 Å². The fourth-order valence-corrected chi connectivity index (χ4v) is 3.38. The first kappa shape index (κ1) is 14.2. The van der Waals surface area contributed by atoms with Crippen molar-refractivity contribution in [2.75, 3.05) is 13.7 Å². The molecule has 1 saturated heterocycles. The number of benzene rings is 2. The first-order valence-electron chi connectivity index (χ1n) is 7.70. The van der Waals surface area contributed by atoms with Gasteiger partial charge in [0.1, 0.15) is 5.75 Å². The average molecular weight is 281 g/mol. The monoisotopic (exact) mass is 281 g/mol. The van der Waals surface area contributed by atoms with Gasteiger partial charge in [0.2, 0.25) is 0 Å². The molecule has 2 aromatic carbocycles. The fraction of sp³-hybridized carbons (Fsp3) is 0.368. The summed E-state index contributed by atoms with van der Waals surface area (Å²) in [5.74, 6) is 1.57. The molecule has 0 saturated carbocycles. The Bertz CT molecular complexity index is 594. The molecule has 1 heterocycles. The second-order valence-electron chi connectivity index (χ2n) is 5.87. The molecule has 0 radical (unpaired) electrons. The number of hydrogen-bond acceptors (Lipinski definition) is 2. The van der Waals surface area contributed by atoms with Crippen LogP contribution in [-0.2, 0) is 6.42 Å². The third kappa shape index (κ3) is 3.11. The Kier molecular flexibility index (Phi) is 4.26. The van der Waals surface area contributed by atoms with Crippen LogP contribution in [0.5, 0.6) is 5.75 Å². The third-order valence-corrected chi connectivity index (χ3v) is 4.49. The summed E-state index contributed by atoms with van der Waals surface area (Å²) < 4.78 is 5.37. The van der Waals surface area contributed by atoms with Crippen molar-refractivity contribution in [2.45, 2.75) is 31.7 Å². The van der Waals surface area contributed by atoms with Gasteiger partial charge in [0.05, 0.1) is 7.11 Å².